The minimum atomic E-state index is -1.14. The Balaban J connectivity index is 1.32. The van der Waals surface area contributed by atoms with Crippen LogP contribution in [0.4, 0.5) is 0 Å². The lowest BCUT2D eigenvalue weighted by molar-refractivity contribution is -0.166. The van der Waals surface area contributed by atoms with Gasteiger partial charge in [-0.2, -0.15) is 0 Å². The molecule has 4 atom stereocenters. The Morgan fingerprint density at radius 1 is 0.618 bits per heavy atom. The molecule has 2 N–H and O–H groups in total. The van der Waals surface area contributed by atoms with Crippen LogP contribution in [0.5, 0.6) is 0 Å². The monoisotopic (exact) mass is 470 g/mol. The highest BCUT2D eigenvalue weighted by molar-refractivity contribution is 5.14. The van der Waals surface area contributed by atoms with Crippen molar-refractivity contribution in [1.29, 1.82) is 0 Å². The van der Waals surface area contributed by atoms with Gasteiger partial charge < -0.3 is 29.2 Å². The molecule has 2 aromatic carbocycles. The van der Waals surface area contributed by atoms with Crippen LogP contribution in [0.3, 0.4) is 0 Å². The zero-order valence-electron chi connectivity index (χ0n) is 19.8. The van der Waals surface area contributed by atoms with E-state index in [0.717, 1.165) is 36.8 Å². The second-order valence-electron chi connectivity index (χ2n) is 9.61. The number of rotatable bonds is 17. The van der Waals surface area contributed by atoms with Gasteiger partial charge >= 0.3 is 0 Å². The normalized spacial score (nSPS) is 19.5. The van der Waals surface area contributed by atoms with Gasteiger partial charge in [0.2, 0.25) is 0 Å². The molecule has 2 aliphatic rings. The Labute approximate surface area is 202 Å². The van der Waals surface area contributed by atoms with Gasteiger partial charge in [0.05, 0.1) is 39.6 Å². The molecule has 0 radical (unpaired) electrons. The summed E-state index contributed by atoms with van der Waals surface area (Å²) >= 11 is 0. The lowest BCUT2D eigenvalue weighted by Crippen LogP contribution is -2.50. The summed E-state index contributed by atoms with van der Waals surface area (Å²) in [5.74, 6) is 1.08. The van der Waals surface area contributed by atoms with Crippen molar-refractivity contribution in [2.45, 2.75) is 63.3 Å². The molecule has 186 valence electrons. The van der Waals surface area contributed by atoms with Gasteiger partial charge in [0.1, 0.15) is 24.4 Å². The summed E-state index contributed by atoms with van der Waals surface area (Å²) in [6.07, 6.45) is 1.04. The van der Waals surface area contributed by atoms with Gasteiger partial charge in [-0.05, 0) is 48.6 Å². The Bertz CT molecular complexity index is 739. The summed E-state index contributed by atoms with van der Waals surface area (Å²) in [5, 5.41) is 22.2. The maximum absolute atomic E-state index is 11.1. The molecule has 0 aromatic heterocycles. The third-order valence-corrected chi connectivity index (χ3v) is 6.38. The molecule has 34 heavy (non-hydrogen) atoms. The van der Waals surface area contributed by atoms with Crippen molar-refractivity contribution >= 4 is 0 Å². The molecular weight excluding hydrogens is 432 g/mol. The molecule has 2 aliphatic carbocycles. The maximum atomic E-state index is 11.1. The van der Waals surface area contributed by atoms with Crippen LogP contribution in [0.15, 0.2) is 60.7 Å². The quantitative estimate of drug-likeness (QED) is 0.367. The van der Waals surface area contributed by atoms with Crippen molar-refractivity contribution in [2.75, 3.05) is 26.4 Å². The van der Waals surface area contributed by atoms with Gasteiger partial charge in [0, 0.05) is 0 Å². The molecule has 0 aliphatic heterocycles. The van der Waals surface area contributed by atoms with Gasteiger partial charge in [0.15, 0.2) is 0 Å². The van der Waals surface area contributed by atoms with Crippen LogP contribution in [0, 0.1) is 11.8 Å². The second kappa shape index (κ2) is 13.3. The van der Waals surface area contributed by atoms with Crippen molar-refractivity contribution in [3.05, 3.63) is 71.8 Å². The van der Waals surface area contributed by atoms with E-state index in [-0.39, 0.29) is 13.2 Å². The summed E-state index contributed by atoms with van der Waals surface area (Å²) in [5.41, 5.74) is 2.11. The van der Waals surface area contributed by atoms with Crippen LogP contribution in [0.2, 0.25) is 0 Å². The first-order valence-corrected chi connectivity index (χ1v) is 12.5. The van der Waals surface area contributed by atoms with Crippen molar-refractivity contribution in [3.8, 4) is 0 Å². The highest BCUT2D eigenvalue weighted by Crippen LogP contribution is 2.31. The zero-order valence-corrected chi connectivity index (χ0v) is 19.8. The Morgan fingerprint density at radius 3 is 1.35 bits per heavy atom. The number of benzene rings is 2. The first-order valence-electron chi connectivity index (χ1n) is 12.5. The minimum Gasteiger partial charge on any atom is -0.388 e. The fourth-order valence-electron chi connectivity index (χ4n) is 3.75. The largest absolute Gasteiger partial charge is 0.388 e. The average molecular weight is 471 g/mol. The van der Waals surface area contributed by atoms with E-state index in [2.05, 4.69) is 0 Å². The molecule has 4 rings (SSSR count). The summed E-state index contributed by atoms with van der Waals surface area (Å²) in [7, 11) is 0. The summed E-state index contributed by atoms with van der Waals surface area (Å²) in [4.78, 5) is 0. The van der Waals surface area contributed by atoms with Crippen LogP contribution in [0.25, 0.3) is 0 Å². The van der Waals surface area contributed by atoms with E-state index in [4.69, 9.17) is 18.9 Å². The third-order valence-electron chi connectivity index (χ3n) is 6.38. The summed E-state index contributed by atoms with van der Waals surface area (Å²) in [6.45, 7) is 2.38. The van der Waals surface area contributed by atoms with E-state index in [1.54, 1.807) is 0 Å². The SMILES string of the molecule is O[C@@H]([C@H](O)[C@@H](COCc1ccccc1)OCC1CC1)[C@@H](COCc1ccccc1)OCC1CC1. The second-order valence-corrected chi connectivity index (χ2v) is 9.61. The van der Waals surface area contributed by atoms with Crippen molar-refractivity contribution in [1.82, 2.24) is 0 Å². The molecule has 6 nitrogen and oxygen atoms in total. The lowest BCUT2D eigenvalue weighted by atomic mass is 10.0. The maximum Gasteiger partial charge on any atom is 0.111 e. The highest BCUT2D eigenvalue weighted by atomic mass is 16.6. The predicted molar refractivity (Wildman–Crippen MR) is 129 cm³/mol. The Kier molecular flexibility index (Phi) is 9.92. The number of aliphatic hydroxyl groups excluding tert-OH is 2. The highest BCUT2D eigenvalue weighted by Gasteiger charge is 2.36. The number of ether oxygens (including phenoxy) is 4. The van der Waals surface area contributed by atoms with E-state index in [1.165, 1.54) is 0 Å². The molecule has 2 fully saturated rings. The van der Waals surface area contributed by atoms with Gasteiger partial charge in [-0.15, -0.1) is 0 Å². The molecule has 0 amide bonds. The molecule has 0 saturated heterocycles. The van der Waals surface area contributed by atoms with Crippen molar-refractivity contribution < 1.29 is 29.2 Å². The first kappa shape index (κ1) is 25.3. The number of hydrogen-bond acceptors (Lipinski definition) is 6. The number of aliphatic hydroxyl groups is 2. The van der Waals surface area contributed by atoms with Crippen molar-refractivity contribution in [3.63, 3.8) is 0 Å². The standard InChI is InChI=1S/C28H38O6/c29-27(25(33-17-23-11-12-23)19-31-15-21-7-3-1-4-8-21)28(30)26(34-18-24-13-14-24)20-32-16-22-9-5-2-6-10-22/h1-10,23-30H,11-20H2/t25-,26-,27-,28-/m1/s1. The molecule has 0 spiro atoms. The van der Waals surface area contributed by atoms with Gasteiger partial charge in [0.25, 0.3) is 0 Å². The van der Waals surface area contributed by atoms with Crippen LogP contribution >= 0.6 is 0 Å². The molecule has 0 unspecified atom stereocenters. The van der Waals surface area contributed by atoms with Crippen LogP contribution in [0.1, 0.15) is 36.8 Å². The first-order chi connectivity index (χ1) is 16.7. The Morgan fingerprint density at radius 2 is 1.00 bits per heavy atom. The number of hydrogen-bond donors (Lipinski definition) is 2. The summed E-state index contributed by atoms with van der Waals surface area (Å²) in [6, 6.07) is 19.8. The van der Waals surface area contributed by atoms with Crippen LogP contribution in [-0.4, -0.2) is 61.1 Å². The lowest BCUT2D eigenvalue weighted by Gasteiger charge is -2.32. The van der Waals surface area contributed by atoms with Crippen LogP contribution in [-0.2, 0) is 32.2 Å². The molecule has 2 aromatic rings. The van der Waals surface area contributed by atoms with Gasteiger partial charge in [-0.1, -0.05) is 60.7 Å². The van der Waals surface area contributed by atoms with Gasteiger partial charge in [-0.3, -0.25) is 0 Å². The molecule has 2 saturated carbocycles. The molecule has 6 heteroatoms. The van der Waals surface area contributed by atoms with E-state index in [9.17, 15) is 10.2 Å². The molecular formula is C28H38O6. The minimum absolute atomic E-state index is 0.195. The van der Waals surface area contributed by atoms with E-state index in [1.807, 2.05) is 60.7 Å². The van der Waals surface area contributed by atoms with Crippen LogP contribution < -0.4 is 0 Å². The zero-order chi connectivity index (χ0) is 23.6. The topological polar surface area (TPSA) is 77.4 Å². The van der Waals surface area contributed by atoms with E-state index < -0.39 is 24.4 Å². The predicted octanol–water partition coefficient (Wildman–Crippen LogP) is 3.73. The van der Waals surface area contributed by atoms with Crippen molar-refractivity contribution in [2.24, 2.45) is 11.8 Å². The van der Waals surface area contributed by atoms with E-state index in [0.29, 0.717) is 38.3 Å². The smallest absolute Gasteiger partial charge is 0.111 e. The fourth-order valence-corrected chi connectivity index (χ4v) is 3.75. The molecule has 0 heterocycles. The van der Waals surface area contributed by atoms with E-state index >= 15 is 0 Å². The third kappa shape index (κ3) is 8.77. The average Bonchev–Trinajstić information content (AvgIpc) is 3.79. The summed E-state index contributed by atoms with van der Waals surface area (Å²) < 4.78 is 23.8. The Hall–Kier alpha value is -1.80. The van der Waals surface area contributed by atoms with Gasteiger partial charge in [-0.25, -0.2) is 0 Å². The molecule has 0 bridgehead atoms. The fraction of sp³-hybridized carbons (Fsp3) is 0.571.